The second kappa shape index (κ2) is 15.0. The Morgan fingerprint density at radius 1 is 0.800 bits per heavy atom. The molecule has 0 saturated carbocycles. The predicted octanol–water partition coefficient (Wildman–Crippen LogP) is 7.79. The van der Waals surface area contributed by atoms with Gasteiger partial charge in [0.1, 0.15) is 0 Å². The van der Waals surface area contributed by atoms with Crippen molar-refractivity contribution in [3.63, 3.8) is 0 Å². The molecule has 0 radical (unpaired) electrons. The minimum atomic E-state index is 0.0476. The third kappa shape index (κ3) is 9.31. The van der Waals surface area contributed by atoms with Crippen LogP contribution in [-0.2, 0) is 4.79 Å². The van der Waals surface area contributed by atoms with Crippen molar-refractivity contribution in [3.05, 3.63) is 60.7 Å². The third-order valence-corrected chi connectivity index (χ3v) is 6.09. The number of anilines is 2. The van der Waals surface area contributed by atoms with E-state index in [1.807, 2.05) is 65.6 Å². The van der Waals surface area contributed by atoms with Gasteiger partial charge in [-0.1, -0.05) is 107 Å². The molecule has 0 aliphatic rings. The molecule has 2 aromatic rings. The Morgan fingerprint density at radius 2 is 1.27 bits per heavy atom. The van der Waals surface area contributed by atoms with Crippen molar-refractivity contribution in [2.24, 2.45) is 0 Å². The minimum Gasteiger partial charge on any atom is -0.295 e. The maximum absolute atomic E-state index is 12.2. The molecule has 2 aromatic carbocycles. The molecule has 0 spiro atoms. The molecule has 0 saturated heterocycles. The molecule has 1 amide bonds. The number of rotatable bonds is 12. The van der Waals surface area contributed by atoms with Gasteiger partial charge in [0.25, 0.3) is 0 Å². The van der Waals surface area contributed by atoms with Crippen molar-refractivity contribution < 1.29 is 4.79 Å². The maximum atomic E-state index is 12.2. The van der Waals surface area contributed by atoms with Crippen LogP contribution in [0.3, 0.4) is 0 Å². The highest BCUT2D eigenvalue weighted by Gasteiger charge is 2.16. The van der Waals surface area contributed by atoms with Crippen molar-refractivity contribution in [2.45, 2.75) is 71.1 Å². The van der Waals surface area contributed by atoms with Crippen LogP contribution >= 0.6 is 24.2 Å². The molecule has 3 nitrogen and oxygen atoms in total. The van der Waals surface area contributed by atoms with Gasteiger partial charge in [0.15, 0.2) is 4.32 Å². The number of carbonyl (C=O) groups is 1. The summed E-state index contributed by atoms with van der Waals surface area (Å²) in [5.74, 6) is 0.0476. The lowest BCUT2D eigenvalue weighted by atomic mass is 10.1. The van der Waals surface area contributed by atoms with Gasteiger partial charge in [-0.15, -0.1) is 0 Å². The van der Waals surface area contributed by atoms with E-state index in [4.69, 9.17) is 12.2 Å². The lowest BCUT2D eigenvalue weighted by Crippen LogP contribution is -2.26. The molecular weight excluding hydrogens is 408 g/mol. The Labute approximate surface area is 191 Å². The first-order chi connectivity index (χ1) is 14.7. The van der Waals surface area contributed by atoms with Crippen LogP contribution in [0.1, 0.15) is 71.1 Å². The van der Waals surface area contributed by atoms with Crippen LogP contribution in [0.15, 0.2) is 60.7 Å². The average molecular weight is 443 g/mol. The number of benzene rings is 2. The number of hydrogen-bond donors (Lipinski definition) is 1. The number of thiocarbonyl (C=S) groups is 1. The van der Waals surface area contributed by atoms with E-state index >= 15 is 0 Å². The van der Waals surface area contributed by atoms with Gasteiger partial charge in [0.2, 0.25) is 5.91 Å². The Balaban J connectivity index is 1.72. The van der Waals surface area contributed by atoms with Crippen molar-refractivity contribution in [1.82, 2.24) is 4.72 Å². The number of hydrogen-bond acceptors (Lipinski definition) is 3. The van der Waals surface area contributed by atoms with Gasteiger partial charge in [0, 0.05) is 29.7 Å². The van der Waals surface area contributed by atoms with E-state index in [1.54, 1.807) is 0 Å². The van der Waals surface area contributed by atoms with Crippen LogP contribution in [0.2, 0.25) is 0 Å². The van der Waals surface area contributed by atoms with Crippen molar-refractivity contribution in [3.8, 4) is 0 Å². The van der Waals surface area contributed by atoms with Crippen LogP contribution in [0, 0.1) is 0 Å². The van der Waals surface area contributed by atoms with Crippen molar-refractivity contribution >= 4 is 45.8 Å². The molecule has 0 aromatic heterocycles. The summed E-state index contributed by atoms with van der Waals surface area (Å²) >= 11 is 6.87. The van der Waals surface area contributed by atoms with Crippen LogP contribution < -0.4 is 9.62 Å². The van der Waals surface area contributed by atoms with E-state index < -0.39 is 0 Å². The van der Waals surface area contributed by atoms with E-state index in [1.165, 1.54) is 56.9 Å². The molecule has 0 atom stereocenters. The maximum Gasteiger partial charge on any atom is 0.230 e. The molecule has 162 valence electrons. The number of amides is 1. The van der Waals surface area contributed by atoms with Crippen LogP contribution in [0.25, 0.3) is 0 Å². The zero-order valence-electron chi connectivity index (χ0n) is 18.0. The van der Waals surface area contributed by atoms with Crippen molar-refractivity contribution in [2.75, 3.05) is 4.90 Å². The molecule has 0 fully saturated rings. The fourth-order valence-corrected chi connectivity index (χ4v) is 4.25. The Kier molecular flexibility index (Phi) is 12.2. The normalized spacial score (nSPS) is 10.6. The SMILES string of the molecule is CCCCCCCCCCCC(=O)NSC(=S)N(c1ccccc1)c1ccccc1. The molecule has 30 heavy (non-hydrogen) atoms. The topological polar surface area (TPSA) is 32.3 Å². The first-order valence-electron chi connectivity index (χ1n) is 11.1. The van der Waals surface area contributed by atoms with E-state index in [2.05, 4.69) is 11.6 Å². The summed E-state index contributed by atoms with van der Waals surface area (Å²) in [5, 5.41) is 0. The standard InChI is InChI=1S/C25H34N2OS2/c1-2-3-4-5-6-7-8-9-16-21-24(28)26-30-25(29)27(22-17-12-10-13-18-22)23-19-14-11-15-20-23/h10-15,17-20H,2-9,16,21H2,1H3,(H,26,28). The summed E-state index contributed by atoms with van der Waals surface area (Å²) in [6, 6.07) is 20.0. The Hall–Kier alpha value is -1.85. The second-order valence-electron chi connectivity index (χ2n) is 7.48. The average Bonchev–Trinajstić information content (AvgIpc) is 2.78. The number of carbonyl (C=O) groups excluding carboxylic acids is 1. The Morgan fingerprint density at radius 3 is 1.77 bits per heavy atom. The first kappa shape index (κ1) is 24.4. The molecule has 0 aliphatic heterocycles. The monoisotopic (exact) mass is 442 g/mol. The summed E-state index contributed by atoms with van der Waals surface area (Å²) < 4.78 is 3.53. The van der Waals surface area contributed by atoms with E-state index in [9.17, 15) is 4.79 Å². The summed E-state index contributed by atoms with van der Waals surface area (Å²) in [6.07, 6.45) is 11.8. The smallest absolute Gasteiger partial charge is 0.230 e. The van der Waals surface area contributed by atoms with Gasteiger partial charge in [-0.2, -0.15) is 0 Å². The van der Waals surface area contributed by atoms with Crippen LogP contribution in [0.5, 0.6) is 0 Å². The van der Waals surface area contributed by atoms with Gasteiger partial charge in [-0.25, -0.2) is 0 Å². The highest BCUT2D eigenvalue weighted by molar-refractivity contribution is 8.22. The fraction of sp³-hybridized carbons (Fsp3) is 0.440. The fourth-order valence-electron chi connectivity index (χ4n) is 3.31. The number of unbranched alkanes of at least 4 members (excludes halogenated alkanes) is 8. The number of para-hydroxylation sites is 2. The summed E-state index contributed by atoms with van der Waals surface area (Å²) in [4.78, 5) is 14.2. The van der Waals surface area contributed by atoms with Crippen LogP contribution in [0.4, 0.5) is 11.4 Å². The molecule has 0 aliphatic carbocycles. The molecule has 0 bridgehead atoms. The van der Waals surface area contributed by atoms with Gasteiger partial charge < -0.3 is 0 Å². The summed E-state index contributed by atoms with van der Waals surface area (Å²) in [6.45, 7) is 2.25. The van der Waals surface area contributed by atoms with E-state index in [-0.39, 0.29) is 5.91 Å². The number of nitrogens with one attached hydrogen (secondary N) is 1. The molecular formula is C25H34N2OS2. The quantitative estimate of drug-likeness (QED) is 0.206. The zero-order chi connectivity index (χ0) is 21.4. The highest BCUT2D eigenvalue weighted by Crippen LogP contribution is 2.28. The second-order valence-corrected chi connectivity index (χ2v) is 8.92. The lowest BCUT2D eigenvalue weighted by Gasteiger charge is -2.24. The lowest BCUT2D eigenvalue weighted by molar-refractivity contribution is -0.119. The minimum absolute atomic E-state index is 0.0476. The van der Waals surface area contributed by atoms with Gasteiger partial charge >= 0.3 is 0 Å². The molecule has 0 unspecified atom stereocenters. The predicted molar refractivity (Wildman–Crippen MR) is 135 cm³/mol. The van der Waals surface area contributed by atoms with Gasteiger partial charge in [-0.3, -0.25) is 14.4 Å². The molecule has 1 N–H and O–H groups in total. The van der Waals surface area contributed by atoms with Crippen molar-refractivity contribution in [1.29, 1.82) is 0 Å². The van der Waals surface area contributed by atoms with Gasteiger partial charge in [-0.05, 0) is 30.7 Å². The van der Waals surface area contributed by atoms with E-state index in [0.29, 0.717) is 10.7 Å². The molecule has 5 heteroatoms. The highest BCUT2D eigenvalue weighted by atomic mass is 32.2. The van der Waals surface area contributed by atoms with E-state index in [0.717, 1.165) is 24.2 Å². The largest absolute Gasteiger partial charge is 0.295 e. The molecule has 0 heterocycles. The molecule has 2 rings (SSSR count). The van der Waals surface area contributed by atoms with Crippen LogP contribution in [-0.4, -0.2) is 10.2 Å². The number of nitrogens with zero attached hydrogens (tertiary/aromatic N) is 1. The third-order valence-electron chi connectivity index (χ3n) is 4.97. The Bertz CT molecular complexity index is 698. The summed E-state index contributed by atoms with van der Waals surface area (Å²) in [7, 11) is 0. The zero-order valence-corrected chi connectivity index (χ0v) is 19.6. The summed E-state index contributed by atoms with van der Waals surface area (Å²) in [5.41, 5.74) is 1.96. The van der Waals surface area contributed by atoms with Gasteiger partial charge in [0.05, 0.1) is 0 Å². The first-order valence-corrected chi connectivity index (χ1v) is 12.3.